The third-order valence-corrected chi connectivity index (χ3v) is 6.69. The molecule has 1 atom stereocenters. The van der Waals surface area contributed by atoms with E-state index in [4.69, 9.17) is 25.8 Å². The van der Waals surface area contributed by atoms with E-state index >= 15 is 0 Å². The lowest BCUT2D eigenvalue weighted by atomic mass is 10.1. The number of aromatic nitrogens is 3. The average Bonchev–Trinajstić information content (AvgIpc) is 3.41. The smallest absolute Gasteiger partial charge is 0.412 e. The summed E-state index contributed by atoms with van der Waals surface area (Å²) in [6, 6.07) is 9.89. The summed E-state index contributed by atoms with van der Waals surface area (Å²) in [6.45, 7) is 6.15. The number of benzene rings is 2. The quantitative estimate of drug-likeness (QED) is 0.222. The summed E-state index contributed by atoms with van der Waals surface area (Å²) >= 11 is 6.44. The van der Waals surface area contributed by atoms with Crippen LogP contribution in [-0.4, -0.2) is 65.4 Å². The monoisotopic (exact) mass is 612 g/mol. The summed E-state index contributed by atoms with van der Waals surface area (Å²) in [5.41, 5.74) is 1.99. The van der Waals surface area contributed by atoms with Crippen LogP contribution in [0.1, 0.15) is 62.5 Å². The maximum Gasteiger partial charge on any atom is 0.412 e. The zero-order valence-corrected chi connectivity index (χ0v) is 25.7. The molecule has 12 nitrogen and oxygen atoms in total. The van der Waals surface area contributed by atoms with E-state index in [1.807, 2.05) is 0 Å². The summed E-state index contributed by atoms with van der Waals surface area (Å²) in [4.78, 5) is 40.4. The molecule has 1 fully saturated rings. The lowest BCUT2D eigenvalue weighted by molar-refractivity contribution is -0.169. The zero-order chi connectivity index (χ0) is 31.1. The van der Waals surface area contributed by atoms with Crippen molar-refractivity contribution in [1.82, 2.24) is 15.0 Å². The van der Waals surface area contributed by atoms with E-state index in [-0.39, 0.29) is 24.3 Å². The van der Waals surface area contributed by atoms with E-state index in [1.165, 1.54) is 6.07 Å². The predicted octanol–water partition coefficient (Wildman–Crippen LogP) is 5.59. The summed E-state index contributed by atoms with van der Waals surface area (Å²) in [5, 5.41) is 13.8. The van der Waals surface area contributed by atoms with Crippen molar-refractivity contribution in [3.8, 4) is 5.69 Å². The van der Waals surface area contributed by atoms with Crippen LogP contribution in [-0.2, 0) is 25.6 Å². The van der Waals surface area contributed by atoms with Gasteiger partial charge in [-0.25, -0.2) is 9.48 Å². The summed E-state index contributed by atoms with van der Waals surface area (Å²) in [7, 11) is 3.59. The molecule has 1 aliphatic heterocycles. The number of nitrogens with one attached hydrogen (secondary N) is 2. The first-order chi connectivity index (χ1) is 20.4. The minimum atomic E-state index is -0.727. The fourth-order valence-electron chi connectivity index (χ4n) is 4.37. The second kappa shape index (κ2) is 14.0. The number of anilines is 3. The highest BCUT2D eigenvalue weighted by Gasteiger charge is 2.21. The first-order valence-electron chi connectivity index (χ1n) is 14.0. The van der Waals surface area contributed by atoms with Gasteiger partial charge in [-0.3, -0.25) is 14.9 Å². The average molecular weight is 613 g/mol. The van der Waals surface area contributed by atoms with Crippen molar-refractivity contribution < 1.29 is 28.6 Å². The number of amides is 2. The van der Waals surface area contributed by atoms with E-state index in [0.717, 1.165) is 19.3 Å². The van der Waals surface area contributed by atoms with Gasteiger partial charge in [0.05, 0.1) is 52.7 Å². The van der Waals surface area contributed by atoms with Crippen LogP contribution in [0.5, 0.6) is 0 Å². The highest BCUT2D eigenvalue weighted by molar-refractivity contribution is 6.34. The van der Waals surface area contributed by atoms with Gasteiger partial charge in [-0.05, 0) is 64.3 Å². The SMILES string of the molecule is CN(C)c1cc(NC(=O)OC(C)(C)C)c(NC(=O)CC(=O)c2cccc(-n3nncc3COC3CCCCO3)c2)cc1Cl. The van der Waals surface area contributed by atoms with Gasteiger partial charge in [0, 0.05) is 26.3 Å². The lowest BCUT2D eigenvalue weighted by Gasteiger charge is -2.22. The van der Waals surface area contributed by atoms with Gasteiger partial charge in [0.15, 0.2) is 12.1 Å². The fraction of sp³-hybridized carbons (Fsp3) is 0.433. The normalized spacial score (nSPS) is 15.1. The Morgan fingerprint density at radius 3 is 2.58 bits per heavy atom. The number of Topliss-reactive ketones (excluding diaryl/α,β-unsaturated/α-hetero) is 1. The molecule has 4 rings (SSSR count). The molecule has 1 aliphatic rings. The highest BCUT2D eigenvalue weighted by atomic mass is 35.5. The van der Waals surface area contributed by atoms with Crippen LogP contribution in [0, 0.1) is 0 Å². The molecule has 43 heavy (non-hydrogen) atoms. The number of nitrogens with zero attached hydrogens (tertiary/aromatic N) is 4. The molecule has 1 saturated heterocycles. The van der Waals surface area contributed by atoms with E-state index in [1.54, 1.807) is 81.0 Å². The van der Waals surface area contributed by atoms with Crippen molar-refractivity contribution in [2.45, 2.75) is 65.0 Å². The molecule has 0 spiro atoms. The standard InChI is InChI=1S/C30H37ClN6O6/c1-30(2,3)43-29(40)34-24-15-25(36(4)5)22(31)14-23(24)33-27(39)16-26(38)19-9-8-10-20(13-19)37-21(17-32-35-37)18-42-28-11-6-7-12-41-28/h8-10,13-15,17,28H,6-7,11-12,16,18H2,1-5H3,(H,33,39)(H,34,40). The Balaban J connectivity index is 1.45. The Bertz CT molecular complexity index is 1460. The number of hydrogen-bond acceptors (Lipinski definition) is 9. The first-order valence-corrected chi connectivity index (χ1v) is 14.3. The van der Waals surface area contributed by atoms with Gasteiger partial charge in [0.2, 0.25) is 5.91 Å². The maximum absolute atomic E-state index is 13.1. The molecule has 2 aromatic carbocycles. The molecule has 0 bridgehead atoms. The van der Waals surface area contributed by atoms with Gasteiger partial charge < -0.3 is 24.4 Å². The Morgan fingerprint density at radius 1 is 1.12 bits per heavy atom. The van der Waals surface area contributed by atoms with Gasteiger partial charge in [-0.1, -0.05) is 28.9 Å². The van der Waals surface area contributed by atoms with Gasteiger partial charge in [-0.2, -0.15) is 0 Å². The third-order valence-electron chi connectivity index (χ3n) is 6.39. The van der Waals surface area contributed by atoms with Crippen molar-refractivity contribution >= 4 is 46.4 Å². The number of carbonyl (C=O) groups excluding carboxylic acids is 3. The molecule has 13 heteroatoms. The Hall–Kier alpha value is -4.00. The van der Waals surface area contributed by atoms with Crippen LogP contribution in [0.2, 0.25) is 5.02 Å². The lowest BCUT2D eigenvalue weighted by Crippen LogP contribution is -2.28. The molecular formula is C30H37ClN6O6. The van der Waals surface area contributed by atoms with Crippen molar-refractivity contribution in [3.63, 3.8) is 0 Å². The Labute approximate surface area is 255 Å². The van der Waals surface area contributed by atoms with Gasteiger partial charge in [0.1, 0.15) is 5.60 Å². The zero-order valence-electron chi connectivity index (χ0n) is 25.0. The predicted molar refractivity (Wildman–Crippen MR) is 163 cm³/mol. The highest BCUT2D eigenvalue weighted by Crippen LogP contribution is 2.35. The molecule has 2 amide bonds. The van der Waals surface area contributed by atoms with Crippen LogP contribution in [0.3, 0.4) is 0 Å². The number of rotatable bonds is 10. The van der Waals surface area contributed by atoms with Crippen LogP contribution in [0.25, 0.3) is 5.69 Å². The van der Waals surface area contributed by atoms with Crippen molar-refractivity contribution in [1.29, 1.82) is 0 Å². The molecule has 230 valence electrons. The maximum atomic E-state index is 13.1. The number of halogens is 1. The number of ketones is 1. The van der Waals surface area contributed by atoms with Gasteiger partial charge >= 0.3 is 6.09 Å². The van der Waals surface area contributed by atoms with Crippen molar-refractivity contribution in [2.75, 3.05) is 36.2 Å². The van der Waals surface area contributed by atoms with Crippen molar-refractivity contribution in [3.05, 3.63) is 58.9 Å². The topological polar surface area (TPSA) is 137 Å². The first kappa shape index (κ1) is 31.9. The third kappa shape index (κ3) is 8.99. The minimum absolute atomic E-state index is 0.224. The van der Waals surface area contributed by atoms with E-state index in [9.17, 15) is 14.4 Å². The number of ether oxygens (including phenoxy) is 3. The second-order valence-electron chi connectivity index (χ2n) is 11.3. The van der Waals surface area contributed by atoms with E-state index in [2.05, 4.69) is 20.9 Å². The molecule has 0 saturated carbocycles. The largest absolute Gasteiger partial charge is 0.444 e. The van der Waals surface area contributed by atoms with Crippen molar-refractivity contribution in [2.24, 2.45) is 0 Å². The molecule has 1 aromatic heterocycles. The van der Waals surface area contributed by atoms with E-state index in [0.29, 0.717) is 34.3 Å². The van der Waals surface area contributed by atoms with Crippen LogP contribution >= 0.6 is 11.6 Å². The molecular weight excluding hydrogens is 576 g/mol. The molecule has 0 radical (unpaired) electrons. The summed E-state index contributed by atoms with van der Waals surface area (Å²) in [5.74, 6) is -0.996. The number of carbonyl (C=O) groups is 3. The molecule has 0 aliphatic carbocycles. The Kier molecular flexibility index (Phi) is 10.4. The molecule has 2 heterocycles. The molecule has 1 unspecified atom stereocenters. The molecule has 2 N–H and O–H groups in total. The van der Waals surface area contributed by atoms with Gasteiger partial charge in [-0.15, -0.1) is 5.10 Å². The van der Waals surface area contributed by atoms with Crippen LogP contribution in [0.15, 0.2) is 42.6 Å². The van der Waals surface area contributed by atoms with Crippen LogP contribution < -0.4 is 15.5 Å². The number of hydrogen-bond donors (Lipinski definition) is 2. The Morgan fingerprint density at radius 2 is 1.88 bits per heavy atom. The minimum Gasteiger partial charge on any atom is -0.444 e. The van der Waals surface area contributed by atoms with E-state index < -0.39 is 29.8 Å². The fourth-order valence-corrected chi connectivity index (χ4v) is 4.70. The van der Waals surface area contributed by atoms with Gasteiger partial charge in [0.25, 0.3) is 0 Å². The molecule has 3 aromatic rings. The summed E-state index contributed by atoms with van der Waals surface area (Å²) in [6.07, 6.45) is 3.09. The second-order valence-corrected chi connectivity index (χ2v) is 11.7. The summed E-state index contributed by atoms with van der Waals surface area (Å²) < 4.78 is 18.4. The van der Waals surface area contributed by atoms with Crippen LogP contribution in [0.4, 0.5) is 21.9 Å².